The number of aryl methyl sites for hydroxylation is 1. The van der Waals surface area contributed by atoms with Gasteiger partial charge in [-0.2, -0.15) is 0 Å². The topological polar surface area (TPSA) is 20.3 Å². The van der Waals surface area contributed by atoms with Gasteiger partial charge in [-0.1, -0.05) is 29.8 Å². The first-order valence-electron chi connectivity index (χ1n) is 4.51. The molecule has 0 spiro atoms. The lowest BCUT2D eigenvalue weighted by atomic mass is 10.1. The molecule has 2 heteroatoms. The summed E-state index contributed by atoms with van der Waals surface area (Å²) in [6.07, 6.45) is 0.891. The van der Waals surface area contributed by atoms with Crippen LogP contribution in [0.1, 0.15) is 18.1 Å². The van der Waals surface area contributed by atoms with Gasteiger partial charge in [-0.25, -0.2) is 0 Å². The van der Waals surface area contributed by atoms with Gasteiger partial charge in [0, 0.05) is 13.1 Å². The van der Waals surface area contributed by atoms with E-state index < -0.39 is 0 Å². The maximum absolute atomic E-state index is 10.6. The molecule has 0 radical (unpaired) electrons. The standard InChI is InChI=1S/C11H15NO/c1-3-12(9-13)8-11-6-4-5-10(2)7-11/h4-7,9H,3,8H2,1-2H3. The van der Waals surface area contributed by atoms with Crippen molar-refractivity contribution in [2.75, 3.05) is 6.54 Å². The third-order valence-corrected chi connectivity index (χ3v) is 2.02. The molecular formula is C11H15NO. The lowest BCUT2D eigenvalue weighted by Crippen LogP contribution is -2.20. The second-order valence-electron chi connectivity index (χ2n) is 3.16. The highest BCUT2D eigenvalue weighted by Gasteiger charge is 1.99. The zero-order valence-electron chi connectivity index (χ0n) is 8.16. The predicted octanol–water partition coefficient (Wildman–Crippen LogP) is 1.97. The summed E-state index contributed by atoms with van der Waals surface area (Å²) in [5.41, 5.74) is 2.42. The number of rotatable bonds is 4. The van der Waals surface area contributed by atoms with E-state index in [9.17, 15) is 4.79 Å². The first kappa shape index (κ1) is 9.78. The Bertz CT molecular complexity index is 283. The number of carbonyl (C=O) groups is 1. The van der Waals surface area contributed by atoms with Crippen molar-refractivity contribution < 1.29 is 4.79 Å². The first-order valence-corrected chi connectivity index (χ1v) is 4.51. The average Bonchev–Trinajstić information content (AvgIpc) is 2.14. The van der Waals surface area contributed by atoms with Gasteiger partial charge in [0.1, 0.15) is 0 Å². The van der Waals surface area contributed by atoms with Crippen LogP contribution in [0.3, 0.4) is 0 Å². The Kier molecular flexibility index (Phi) is 3.50. The van der Waals surface area contributed by atoms with E-state index in [2.05, 4.69) is 19.1 Å². The Balaban J connectivity index is 2.67. The van der Waals surface area contributed by atoms with Gasteiger partial charge in [0.05, 0.1) is 0 Å². The maximum atomic E-state index is 10.6. The lowest BCUT2D eigenvalue weighted by Gasteiger charge is -2.14. The zero-order valence-corrected chi connectivity index (χ0v) is 8.16. The summed E-state index contributed by atoms with van der Waals surface area (Å²) < 4.78 is 0. The molecule has 0 saturated heterocycles. The van der Waals surface area contributed by atoms with Crippen molar-refractivity contribution in [1.82, 2.24) is 4.90 Å². The molecule has 0 aromatic heterocycles. The van der Waals surface area contributed by atoms with Crippen molar-refractivity contribution in [2.45, 2.75) is 20.4 Å². The summed E-state index contributed by atoms with van der Waals surface area (Å²) in [6, 6.07) is 8.22. The van der Waals surface area contributed by atoms with Crippen molar-refractivity contribution in [2.24, 2.45) is 0 Å². The van der Waals surface area contributed by atoms with E-state index in [0.29, 0.717) is 6.54 Å². The highest BCUT2D eigenvalue weighted by atomic mass is 16.1. The summed E-state index contributed by atoms with van der Waals surface area (Å²) in [6.45, 7) is 5.50. The van der Waals surface area contributed by atoms with Crippen molar-refractivity contribution in [3.8, 4) is 0 Å². The van der Waals surface area contributed by atoms with Gasteiger partial charge in [0.25, 0.3) is 0 Å². The molecule has 1 aromatic carbocycles. The van der Waals surface area contributed by atoms with E-state index in [1.807, 2.05) is 19.1 Å². The van der Waals surface area contributed by atoms with Gasteiger partial charge in [-0.3, -0.25) is 4.79 Å². The molecule has 0 atom stereocenters. The molecule has 1 aromatic rings. The molecule has 0 saturated carbocycles. The zero-order chi connectivity index (χ0) is 9.68. The fourth-order valence-corrected chi connectivity index (χ4v) is 1.27. The summed E-state index contributed by atoms with van der Waals surface area (Å²) in [4.78, 5) is 12.3. The molecule has 0 aliphatic carbocycles. The molecule has 2 nitrogen and oxygen atoms in total. The highest BCUT2D eigenvalue weighted by Crippen LogP contribution is 2.06. The fraction of sp³-hybridized carbons (Fsp3) is 0.364. The number of hydrogen-bond acceptors (Lipinski definition) is 1. The van der Waals surface area contributed by atoms with Crippen LogP contribution in [-0.4, -0.2) is 17.9 Å². The maximum Gasteiger partial charge on any atom is 0.209 e. The third-order valence-electron chi connectivity index (χ3n) is 2.02. The number of hydrogen-bond donors (Lipinski definition) is 0. The summed E-state index contributed by atoms with van der Waals surface area (Å²) >= 11 is 0. The first-order chi connectivity index (χ1) is 6.26. The van der Waals surface area contributed by atoms with Gasteiger partial charge in [0.15, 0.2) is 0 Å². The Morgan fingerprint density at radius 2 is 2.23 bits per heavy atom. The molecular weight excluding hydrogens is 162 g/mol. The minimum absolute atomic E-state index is 0.710. The van der Waals surface area contributed by atoms with Gasteiger partial charge >= 0.3 is 0 Å². The van der Waals surface area contributed by atoms with Crippen LogP contribution >= 0.6 is 0 Å². The highest BCUT2D eigenvalue weighted by molar-refractivity contribution is 5.47. The monoisotopic (exact) mass is 177 g/mol. The Labute approximate surface area is 79.2 Å². The molecule has 0 aliphatic heterocycles. The molecule has 0 aliphatic rings. The van der Waals surface area contributed by atoms with Crippen molar-refractivity contribution in [1.29, 1.82) is 0 Å². The van der Waals surface area contributed by atoms with Crippen molar-refractivity contribution >= 4 is 6.41 Å². The summed E-state index contributed by atoms with van der Waals surface area (Å²) in [7, 11) is 0. The van der Waals surface area contributed by atoms with Crippen molar-refractivity contribution in [3.63, 3.8) is 0 Å². The van der Waals surface area contributed by atoms with Gasteiger partial charge in [-0.05, 0) is 19.4 Å². The Morgan fingerprint density at radius 3 is 2.77 bits per heavy atom. The fourth-order valence-electron chi connectivity index (χ4n) is 1.27. The SMILES string of the molecule is CCN(C=O)Cc1cccc(C)c1. The van der Waals surface area contributed by atoms with Crippen LogP contribution < -0.4 is 0 Å². The van der Waals surface area contributed by atoms with Crippen LogP contribution in [0.2, 0.25) is 0 Å². The lowest BCUT2D eigenvalue weighted by molar-refractivity contribution is -0.118. The van der Waals surface area contributed by atoms with Crippen LogP contribution in [0.4, 0.5) is 0 Å². The molecule has 70 valence electrons. The molecule has 1 rings (SSSR count). The third kappa shape index (κ3) is 2.90. The summed E-state index contributed by atoms with van der Waals surface area (Å²) in [5.74, 6) is 0. The van der Waals surface area contributed by atoms with Crippen LogP contribution in [0, 0.1) is 6.92 Å². The van der Waals surface area contributed by atoms with Gasteiger partial charge < -0.3 is 4.90 Å². The van der Waals surface area contributed by atoms with E-state index in [4.69, 9.17) is 0 Å². The molecule has 0 bridgehead atoms. The largest absolute Gasteiger partial charge is 0.341 e. The van der Waals surface area contributed by atoms with Crippen LogP contribution in [-0.2, 0) is 11.3 Å². The minimum atomic E-state index is 0.710. The van der Waals surface area contributed by atoms with Crippen LogP contribution in [0.5, 0.6) is 0 Å². The van der Waals surface area contributed by atoms with Crippen LogP contribution in [0.25, 0.3) is 0 Å². The molecule has 0 unspecified atom stereocenters. The molecule has 0 heterocycles. The van der Waals surface area contributed by atoms with E-state index in [-0.39, 0.29) is 0 Å². The second-order valence-corrected chi connectivity index (χ2v) is 3.16. The normalized spacial score (nSPS) is 9.69. The summed E-state index contributed by atoms with van der Waals surface area (Å²) in [5, 5.41) is 0. The van der Waals surface area contributed by atoms with E-state index in [1.54, 1.807) is 4.90 Å². The number of carbonyl (C=O) groups excluding carboxylic acids is 1. The molecule has 1 amide bonds. The molecule has 0 N–H and O–H groups in total. The van der Waals surface area contributed by atoms with Crippen LogP contribution in [0.15, 0.2) is 24.3 Å². The predicted molar refractivity (Wildman–Crippen MR) is 53.3 cm³/mol. The molecule has 0 fully saturated rings. The number of nitrogens with zero attached hydrogens (tertiary/aromatic N) is 1. The van der Waals surface area contributed by atoms with Gasteiger partial charge in [-0.15, -0.1) is 0 Å². The van der Waals surface area contributed by atoms with E-state index >= 15 is 0 Å². The Morgan fingerprint density at radius 1 is 1.46 bits per heavy atom. The van der Waals surface area contributed by atoms with Gasteiger partial charge in [0.2, 0.25) is 6.41 Å². The Hall–Kier alpha value is -1.31. The smallest absolute Gasteiger partial charge is 0.209 e. The quantitative estimate of drug-likeness (QED) is 0.644. The number of benzene rings is 1. The molecule has 13 heavy (non-hydrogen) atoms. The van der Waals surface area contributed by atoms with Crippen molar-refractivity contribution in [3.05, 3.63) is 35.4 Å². The average molecular weight is 177 g/mol. The van der Waals surface area contributed by atoms with E-state index in [1.165, 1.54) is 11.1 Å². The number of amides is 1. The van der Waals surface area contributed by atoms with E-state index in [0.717, 1.165) is 13.0 Å². The minimum Gasteiger partial charge on any atom is -0.341 e. The second kappa shape index (κ2) is 4.65.